The first-order valence-electron chi connectivity index (χ1n) is 6.05. The van der Waals surface area contributed by atoms with E-state index in [2.05, 4.69) is 30.8 Å². The number of hydrogen-bond acceptors (Lipinski definition) is 2. The fourth-order valence-corrected chi connectivity index (χ4v) is 1.63. The number of nitrogens with zero attached hydrogens (tertiary/aromatic N) is 2. The van der Waals surface area contributed by atoms with E-state index < -0.39 is 0 Å². The van der Waals surface area contributed by atoms with Crippen molar-refractivity contribution in [2.75, 3.05) is 40.3 Å². The molecule has 0 amide bonds. The quantitative estimate of drug-likeness (QED) is 0.690. The molecular weight excluding hydrogens is 172 g/mol. The van der Waals surface area contributed by atoms with E-state index in [9.17, 15) is 0 Å². The Morgan fingerprint density at radius 1 is 1.14 bits per heavy atom. The Morgan fingerprint density at radius 2 is 1.64 bits per heavy atom. The van der Waals surface area contributed by atoms with Gasteiger partial charge < -0.3 is 9.80 Å². The van der Waals surface area contributed by atoms with Gasteiger partial charge in [-0.2, -0.15) is 0 Å². The van der Waals surface area contributed by atoms with Crippen LogP contribution in [0.2, 0.25) is 0 Å². The highest BCUT2D eigenvalue weighted by atomic mass is 15.2. The number of likely N-dealkylation sites (tertiary alicyclic amines) is 1. The van der Waals surface area contributed by atoms with Crippen LogP contribution in [-0.4, -0.2) is 50.1 Å². The SMILES string of the molecule is CC.CC1CCN(CCN(C)C)CC1. The summed E-state index contributed by atoms with van der Waals surface area (Å²) in [6.45, 7) is 11.4. The molecule has 1 fully saturated rings. The van der Waals surface area contributed by atoms with E-state index >= 15 is 0 Å². The summed E-state index contributed by atoms with van der Waals surface area (Å²) in [6.07, 6.45) is 2.79. The lowest BCUT2D eigenvalue weighted by Crippen LogP contribution is -2.37. The molecule has 86 valence electrons. The Kier molecular flexibility index (Phi) is 8.20. The second-order valence-electron chi connectivity index (χ2n) is 4.33. The maximum absolute atomic E-state index is 2.58. The van der Waals surface area contributed by atoms with E-state index in [4.69, 9.17) is 0 Å². The van der Waals surface area contributed by atoms with Crippen LogP contribution in [0.1, 0.15) is 33.6 Å². The summed E-state index contributed by atoms with van der Waals surface area (Å²) < 4.78 is 0. The molecule has 0 N–H and O–H groups in total. The van der Waals surface area contributed by atoms with Crippen LogP contribution in [0.3, 0.4) is 0 Å². The van der Waals surface area contributed by atoms with Gasteiger partial charge in [-0.3, -0.25) is 0 Å². The summed E-state index contributed by atoms with van der Waals surface area (Å²) in [5, 5.41) is 0. The third-order valence-corrected chi connectivity index (χ3v) is 2.74. The van der Waals surface area contributed by atoms with Gasteiger partial charge in [0, 0.05) is 13.1 Å². The second kappa shape index (κ2) is 8.25. The lowest BCUT2D eigenvalue weighted by Gasteiger charge is -2.30. The molecule has 0 aliphatic carbocycles. The van der Waals surface area contributed by atoms with Crippen LogP contribution in [-0.2, 0) is 0 Å². The summed E-state index contributed by atoms with van der Waals surface area (Å²) >= 11 is 0. The molecule has 0 aromatic carbocycles. The Hall–Kier alpha value is -0.0800. The largest absolute Gasteiger partial charge is 0.308 e. The van der Waals surface area contributed by atoms with Crippen LogP contribution >= 0.6 is 0 Å². The Bertz CT molecular complexity index is 115. The molecule has 1 aliphatic rings. The van der Waals surface area contributed by atoms with E-state index in [0.29, 0.717) is 0 Å². The van der Waals surface area contributed by atoms with Gasteiger partial charge in [-0.05, 0) is 45.9 Å². The van der Waals surface area contributed by atoms with Crippen LogP contribution in [0.5, 0.6) is 0 Å². The van der Waals surface area contributed by atoms with Crippen LogP contribution in [0, 0.1) is 5.92 Å². The number of piperidine rings is 1. The molecule has 14 heavy (non-hydrogen) atoms. The molecule has 0 atom stereocenters. The fraction of sp³-hybridized carbons (Fsp3) is 1.00. The average molecular weight is 200 g/mol. The molecule has 1 aliphatic heterocycles. The molecule has 2 heteroatoms. The second-order valence-corrected chi connectivity index (χ2v) is 4.33. The smallest absolute Gasteiger partial charge is 0.0109 e. The zero-order valence-corrected chi connectivity index (χ0v) is 10.7. The van der Waals surface area contributed by atoms with Gasteiger partial charge in [-0.1, -0.05) is 20.8 Å². The van der Waals surface area contributed by atoms with Crippen LogP contribution in [0.25, 0.3) is 0 Å². The lowest BCUT2D eigenvalue weighted by molar-refractivity contribution is 0.177. The molecule has 0 saturated carbocycles. The molecule has 0 radical (unpaired) electrons. The highest BCUT2D eigenvalue weighted by Gasteiger charge is 2.14. The molecule has 0 unspecified atom stereocenters. The normalized spacial score (nSPS) is 19.3. The minimum absolute atomic E-state index is 0.959. The predicted octanol–water partition coefficient (Wildman–Crippen LogP) is 2.31. The monoisotopic (exact) mass is 200 g/mol. The third-order valence-electron chi connectivity index (χ3n) is 2.74. The average Bonchev–Trinajstić information content (AvgIpc) is 2.20. The van der Waals surface area contributed by atoms with E-state index in [0.717, 1.165) is 5.92 Å². The van der Waals surface area contributed by atoms with Gasteiger partial charge in [0.05, 0.1) is 0 Å². The summed E-state index contributed by atoms with van der Waals surface area (Å²) in [5.74, 6) is 0.959. The van der Waals surface area contributed by atoms with E-state index in [-0.39, 0.29) is 0 Å². The molecule has 1 saturated heterocycles. The molecule has 1 rings (SSSR count). The minimum atomic E-state index is 0.959. The first-order chi connectivity index (χ1) is 6.68. The van der Waals surface area contributed by atoms with E-state index in [1.165, 1.54) is 39.0 Å². The zero-order valence-electron chi connectivity index (χ0n) is 10.7. The molecule has 0 spiro atoms. The number of likely N-dealkylation sites (N-methyl/N-ethyl adjacent to an activating group) is 1. The molecule has 0 aromatic heterocycles. The summed E-state index contributed by atoms with van der Waals surface area (Å²) in [5.41, 5.74) is 0. The van der Waals surface area contributed by atoms with Gasteiger partial charge in [-0.15, -0.1) is 0 Å². The number of hydrogen-bond donors (Lipinski definition) is 0. The van der Waals surface area contributed by atoms with Crippen molar-refractivity contribution in [1.82, 2.24) is 9.80 Å². The van der Waals surface area contributed by atoms with E-state index in [1.54, 1.807) is 0 Å². The van der Waals surface area contributed by atoms with Crippen molar-refractivity contribution in [2.45, 2.75) is 33.6 Å². The van der Waals surface area contributed by atoms with Crippen LogP contribution in [0.15, 0.2) is 0 Å². The van der Waals surface area contributed by atoms with Crippen molar-refractivity contribution in [1.29, 1.82) is 0 Å². The highest BCUT2D eigenvalue weighted by Crippen LogP contribution is 2.15. The summed E-state index contributed by atoms with van der Waals surface area (Å²) in [4.78, 5) is 4.85. The summed E-state index contributed by atoms with van der Waals surface area (Å²) in [7, 11) is 4.29. The molecule has 0 aromatic rings. The van der Waals surface area contributed by atoms with Crippen LogP contribution in [0.4, 0.5) is 0 Å². The standard InChI is InChI=1S/C10H22N2.C2H6/c1-10-4-6-12(7-5-10)9-8-11(2)3;1-2/h10H,4-9H2,1-3H3;1-2H3. The molecule has 1 heterocycles. The van der Waals surface area contributed by atoms with Crippen molar-refractivity contribution in [2.24, 2.45) is 5.92 Å². The minimum Gasteiger partial charge on any atom is -0.308 e. The Labute approximate surface area is 90.3 Å². The first kappa shape index (κ1) is 13.9. The number of rotatable bonds is 3. The third kappa shape index (κ3) is 6.39. The van der Waals surface area contributed by atoms with Crippen LogP contribution < -0.4 is 0 Å². The van der Waals surface area contributed by atoms with Crippen molar-refractivity contribution >= 4 is 0 Å². The van der Waals surface area contributed by atoms with Gasteiger partial charge >= 0.3 is 0 Å². The molecular formula is C12H28N2. The van der Waals surface area contributed by atoms with Gasteiger partial charge in [0.25, 0.3) is 0 Å². The van der Waals surface area contributed by atoms with Crippen molar-refractivity contribution in [3.05, 3.63) is 0 Å². The lowest BCUT2D eigenvalue weighted by atomic mass is 9.99. The van der Waals surface area contributed by atoms with Gasteiger partial charge in [-0.25, -0.2) is 0 Å². The highest BCUT2D eigenvalue weighted by molar-refractivity contribution is 4.69. The van der Waals surface area contributed by atoms with Gasteiger partial charge in [0.15, 0.2) is 0 Å². The zero-order chi connectivity index (χ0) is 11.0. The molecule has 2 nitrogen and oxygen atoms in total. The Morgan fingerprint density at radius 3 is 2.07 bits per heavy atom. The van der Waals surface area contributed by atoms with Crippen molar-refractivity contribution in [3.8, 4) is 0 Å². The van der Waals surface area contributed by atoms with E-state index in [1.807, 2.05) is 13.8 Å². The van der Waals surface area contributed by atoms with Gasteiger partial charge in [0.2, 0.25) is 0 Å². The summed E-state index contributed by atoms with van der Waals surface area (Å²) in [6, 6.07) is 0. The maximum Gasteiger partial charge on any atom is 0.0109 e. The molecule has 0 bridgehead atoms. The van der Waals surface area contributed by atoms with Gasteiger partial charge in [0.1, 0.15) is 0 Å². The fourth-order valence-electron chi connectivity index (χ4n) is 1.63. The maximum atomic E-state index is 2.58. The topological polar surface area (TPSA) is 6.48 Å². The Balaban J connectivity index is 0.000000791. The predicted molar refractivity (Wildman–Crippen MR) is 64.7 cm³/mol. The van der Waals surface area contributed by atoms with Crippen molar-refractivity contribution in [3.63, 3.8) is 0 Å². The van der Waals surface area contributed by atoms with Crippen molar-refractivity contribution < 1.29 is 0 Å². The first-order valence-corrected chi connectivity index (χ1v) is 6.05.